The number of rotatable bonds is 10. The van der Waals surface area contributed by atoms with Gasteiger partial charge in [-0.3, -0.25) is 0 Å². The Morgan fingerprint density at radius 1 is 0.893 bits per heavy atom. The Bertz CT molecular complexity index is 557. The SMILES string of the molecule is CSC(Cc1cccc(CC(SC)C2SCC(CO)S2)c1)C1SCC(CO)S1. The van der Waals surface area contributed by atoms with E-state index in [0.29, 0.717) is 43.4 Å². The maximum atomic E-state index is 9.43. The standard InChI is InChI=1S/C20H30O2S6/c1-23-17(19-25-11-15(9-21)27-19)7-13-4-3-5-14(6-13)8-18(24-2)20-26-12-16(10-22)28-20/h3-6,15-22H,7-12H2,1-2H3. The Hall–Kier alpha value is 1.24. The van der Waals surface area contributed by atoms with Gasteiger partial charge in [-0.05, 0) is 36.5 Å². The van der Waals surface area contributed by atoms with E-state index in [1.807, 2.05) is 70.6 Å². The average Bonchev–Trinajstić information content (AvgIpc) is 3.40. The Balaban J connectivity index is 1.59. The third-order valence-electron chi connectivity index (χ3n) is 5.03. The fourth-order valence-corrected chi connectivity index (χ4v) is 13.1. The van der Waals surface area contributed by atoms with Crippen LogP contribution < -0.4 is 0 Å². The molecule has 0 saturated carbocycles. The van der Waals surface area contributed by atoms with Crippen LogP contribution in [0.2, 0.25) is 0 Å². The van der Waals surface area contributed by atoms with Crippen molar-refractivity contribution in [2.24, 2.45) is 0 Å². The van der Waals surface area contributed by atoms with E-state index < -0.39 is 0 Å². The lowest BCUT2D eigenvalue weighted by Gasteiger charge is -2.22. The van der Waals surface area contributed by atoms with Crippen molar-refractivity contribution < 1.29 is 10.2 Å². The van der Waals surface area contributed by atoms with E-state index in [-0.39, 0.29) is 0 Å². The minimum Gasteiger partial charge on any atom is -0.395 e. The lowest BCUT2D eigenvalue weighted by atomic mass is 10.0. The number of thioether (sulfide) groups is 6. The second-order valence-corrected chi connectivity index (χ2v) is 15.1. The van der Waals surface area contributed by atoms with Gasteiger partial charge in [-0.15, -0.1) is 47.0 Å². The molecule has 158 valence electrons. The van der Waals surface area contributed by atoms with Gasteiger partial charge in [-0.2, -0.15) is 23.5 Å². The van der Waals surface area contributed by atoms with Gasteiger partial charge in [0.1, 0.15) is 0 Å². The minimum atomic E-state index is 0.301. The molecule has 0 radical (unpaired) electrons. The summed E-state index contributed by atoms with van der Waals surface area (Å²) < 4.78 is 1.16. The fraction of sp³-hybridized carbons (Fsp3) is 0.700. The molecule has 2 N–H and O–H groups in total. The van der Waals surface area contributed by atoms with Crippen molar-refractivity contribution in [2.75, 3.05) is 37.2 Å². The third-order valence-corrected chi connectivity index (χ3v) is 14.8. The van der Waals surface area contributed by atoms with Gasteiger partial charge in [0.05, 0.1) is 22.4 Å². The van der Waals surface area contributed by atoms with Gasteiger partial charge in [0.25, 0.3) is 0 Å². The molecule has 2 heterocycles. The number of hydrogen-bond donors (Lipinski definition) is 2. The van der Waals surface area contributed by atoms with Crippen LogP contribution in [0.4, 0.5) is 0 Å². The summed E-state index contributed by atoms with van der Waals surface area (Å²) in [5.74, 6) is 2.15. The van der Waals surface area contributed by atoms with E-state index in [4.69, 9.17) is 0 Å². The Labute approximate surface area is 195 Å². The van der Waals surface area contributed by atoms with Gasteiger partial charge in [-0.25, -0.2) is 0 Å². The van der Waals surface area contributed by atoms with Crippen molar-refractivity contribution in [3.05, 3.63) is 35.4 Å². The summed E-state index contributed by atoms with van der Waals surface area (Å²) in [6.45, 7) is 0.601. The summed E-state index contributed by atoms with van der Waals surface area (Å²) in [4.78, 5) is 0. The van der Waals surface area contributed by atoms with Gasteiger partial charge in [0, 0.05) is 32.5 Å². The lowest BCUT2D eigenvalue weighted by molar-refractivity contribution is 0.301. The van der Waals surface area contributed by atoms with E-state index in [0.717, 1.165) is 24.3 Å². The fourth-order valence-electron chi connectivity index (χ4n) is 3.45. The van der Waals surface area contributed by atoms with Crippen LogP contribution in [0.5, 0.6) is 0 Å². The molecule has 2 saturated heterocycles. The molecule has 0 bridgehead atoms. The van der Waals surface area contributed by atoms with Crippen molar-refractivity contribution >= 4 is 70.6 Å². The van der Waals surface area contributed by atoms with Gasteiger partial charge in [0.2, 0.25) is 0 Å². The van der Waals surface area contributed by atoms with Crippen molar-refractivity contribution in [2.45, 2.75) is 43.0 Å². The molecule has 2 aliphatic rings. The van der Waals surface area contributed by atoms with E-state index in [1.165, 1.54) is 11.1 Å². The summed E-state index contributed by atoms with van der Waals surface area (Å²) in [6, 6.07) is 9.18. The van der Waals surface area contributed by atoms with E-state index in [1.54, 1.807) is 0 Å². The molecule has 3 rings (SSSR count). The number of aliphatic hydroxyl groups is 2. The number of aliphatic hydroxyl groups excluding tert-OH is 2. The van der Waals surface area contributed by atoms with Crippen molar-refractivity contribution in [3.8, 4) is 0 Å². The molecular formula is C20H30O2S6. The molecule has 1 aromatic carbocycles. The van der Waals surface area contributed by atoms with Crippen LogP contribution in [0.1, 0.15) is 11.1 Å². The highest BCUT2D eigenvalue weighted by Gasteiger charge is 2.33. The zero-order valence-electron chi connectivity index (χ0n) is 16.4. The molecule has 0 amide bonds. The first-order chi connectivity index (χ1) is 13.7. The predicted octanol–water partition coefficient (Wildman–Crippen LogP) is 4.57. The summed E-state index contributed by atoms with van der Waals surface area (Å²) in [5, 5.41) is 20.9. The van der Waals surface area contributed by atoms with Crippen LogP contribution in [0.3, 0.4) is 0 Å². The molecule has 1 aromatic rings. The van der Waals surface area contributed by atoms with Crippen LogP contribution in [0.15, 0.2) is 24.3 Å². The molecule has 0 spiro atoms. The Morgan fingerprint density at radius 3 is 1.71 bits per heavy atom. The maximum absolute atomic E-state index is 9.43. The number of benzene rings is 1. The molecule has 6 atom stereocenters. The monoisotopic (exact) mass is 494 g/mol. The van der Waals surface area contributed by atoms with Crippen molar-refractivity contribution in [3.63, 3.8) is 0 Å². The third kappa shape index (κ3) is 6.62. The van der Waals surface area contributed by atoms with Gasteiger partial charge in [0.15, 0.2) is 0 Å². The van der Waals surface area contributed by atoms with Crippen molar-refractivity contribution in [1.29, 1.82) is 0 Å². The van der Waals surface area contributed by atoms with Gasteiger partial charge >= 0.3 is 0 Å². The first-order valence-electron chi connectivity index (χ1n) is 9.56. The first-order valence-corrected chi connectivity index (χ1v) is 16.1. The Morgan fingerprint density at radius 2 is 1.36 bits per heavy atom. The summed E-state index contributed by atoms with van der Waals surface area (Å²) in [7, 11) is 0. The van der Waals surface area contributed by atoms with Crippen LogP contribution in [-0.4, -0.2) is 77.6 Å². The Kier molecular flexibility index (Phi) is 10.5. The van der Waals surface area contributed by atoms with Crippen LogP contribution in [-0.2, 0) is 12.8 Å². The minimum absolute atomic E-state index is 0.301. The zero-order chi connectivity index (χ0) is 19.9. The highest BCUT2D eigenvalue weighted by Crippen LogP contribution is 2.45. The van der Waals surface area contributed by atoms with E-state index in [2.05, 4.69) is 36.8 Å². The molecule has 2 aliphatic heterocycles. The molecule has 2 fully saturated rings. The molecule has 2 nitrogen and oxygen atoms in total. The predicted molar refractivity (Wildman–Crippen MR) is 138 cm³/mol. The summed E-state index contributed by atoms with van der Waals surface area (Å²) in [5.41, 5.74) is 2.87. The first kappa shape index (κ1) is 23.9. The molecular weight excluding hydrogens is 465 g/mol. The average molecular weight is 495 g/mol. The summed E-state index contributed by atoms with van der Waals surface area (Å²) in [6.07, 6.45) is 6.64. The zero-order valence-corrected chi connectivity index (χ0v) is 21.3. The smallest absolute Gasteiger partial charge is 0.0628 e. The van der Waals surface area contributed by atoms with E-state index in [9.17, 15) is 10.2 Å². The normalized spacial score (nSPS) is 29.9. The summed E-state index contributed by atoms with van der Waals surface area (Å²) >= 11 is 11.9. The maximum Gasteiger partial charge on any atom is 0.0628 e. The molecule has 0 aromatic heterocycles. The van der Waals surface area contributed by atoms with Crippen molar-refractivity contribution in [1.82, 2.24) is 0 Å². The van der Waals surface area contributed by atoms with Crippen LogP contribution >= 0.6 is 70.6 Å². The van der Waals surface area contributed by atoms with Gasteiger partial charge in [-0.1, -0.05) is 24.3 Å². The highest BCUT2D eigenvalue weighted by atomic mass is 32.2. The highest BCUT2D eigenvalue weighted by molar-refractivity contribution is 8.22. The largest absolute Gasteiger partial charge is 0.395 e. The molecule has 0 aliphatic carbocycles. The van der Waals surface area contributed by atoms with Crippen LogP contribution in [0.25, 0.3) is 0 Å². The molecule has 6 unspecified atom stereocenters. The second-order valence-electron chi connectivity index (χ2n) is 7.06. The van der Waals surface area contributed by atoms with Gasteiger partial charge < -0.3 is 10.2 Å². The second kappa shape index (κ2) is 12.3. The topological polar surface area (TPSA) is 40.5 Å². The quantitative estimate of drug-likeness (QED) is 0.490. The van der Waals surface area contributed by atoms with E-state index >= 15 is 0 Å². The molecule has 28 heavy (non-hydrogen) atoms. The number of hydrogen-bond acceptors (Lipinski definition) is 8. The van der Waals surface area contributed by atoms with Crippen LogP contribution in [0, 0.1) is 0 Å². The molecule has 8 heteroatoms. The lowest BCUT2D eigenvalue weighted by Crippen LogP contribution is -2.19.